The number of ether oxygens (including phenoxy) is 2. The third-order valence-electron chi connectivity index (χ3n) is 5.02. The lowest BCUT2D eigenvalue weighted by atomic mass is 10.2. The molecule has 2 aliphatic rings. The fourth-order valence-electron chi connectivity index (χ4n) is 3.52. The van der Waals surface area contributed by atoms with Gasteiger partial charge in [0.2, 0.25) is 0 Å². The fraction of sp³-hybridized carbons (Fsp3) is 0.947. The molecule has 0 saturated carbocycles. The molecule has 0 bridgehead atoms. The van der Waals surface area contributed by atoms with E-state index in [2.05, 4.69) is 29.4 Å². The highest BCUT2D eigenvalue weighted by Gasteiger charge is 2.20. The van der Waals surface area contributed by atoms with Crippen LogP contribution in [0.2, 0.25) is 0 Å². The van der Waals surface area contributed by atoms with Crippen molar-refractivity contribution in [2.75, 3.05) is 52.5 Å². The molecule has 2 aliphatic heterocycles. The highest BCUT2D eigenvalue weighted by molar-refractivity contribution is 5.79. The molecule has 2 N–H and O–H groups in total. The van der Waals surface area contributed by atoms with Gasteiger partial charge in [-0.1, -0.05) is 6.92 Å². The molecule has 2 saturated heterocycles. The van der Waals surface area contributed by atoms with E-state index in [4.69, 9.17) is 14.5 Å². The predicted octanol–water partition coefficient (Wildman–Crippen LogP) is 2.00. The monoisotopic (exact) mass is 354 g/mol. The quantitative estimate of drug-likeness (QED) is 0.338. The Morgan fingerprint density at radius 2 is 2.08 bits per heavy atom. The van der Waals surface area contributed by atoms with E-state index in [1.165, 1.54) is 38.8 Å². The molecule has 25 heavy (non-hydrogen) atoms. The maximum Gasteiger partial charge on any atom is 0.191 e. The maximum absolute atomic E-state index is 5.71. The van der Waals surface area contributed by atoms with Crippen molar-refractivity contribution in [2.24, 2.45) is 4.99 Å². The summed E-state index contributed by atoms with van der Waals surface area (Å²) in [6.07, 6.45) is 7.47. The van der Waals surface area contributed by atoms with Crippen LogP contribution in [0.5, 0.6) is 0 Å². The van der Waals surface area contributed by atoms with Crippen LogP contribution in [0.1, 0.15) is 52.4 Å². The molecular weight excluding hydrogens is 316 g/mol. The summed E-state index contributed by atoms with van der Waals surface area (Å²) in [6.45, 7) is 11.9. The van der Waals surface area contributed by atoms with Crippen molar-refractivity contribution in [1.29, 1.82) is 0 Å². The van der Waals surface area contributed by atoms with Gasteiger partial charge in [0, 0.05) is 32.3 Å². The van der Waals surface area contributed by atoms with Crippen LogP contribution in [0.3, 0.4) is 0 Å². The van der Waals surface area contributed by atoms with Gasteiger partial charge in [-0.05, 0) is 58.5 Å². The summed E-state index contributed by atoms with van der Waals surface area (Å²) < 4.78 is 11.3. The average Bonchev–Trinajstić information content (AvgIpc) is 3.32. The standard InChI is InChI=1S/C19H38N4O2/c1-3-17(23-11-5-6-12-23)15-22-19(20-4-2)21-10-8-13-24-16-18-9-7-14-25-18/h17-18H,3-16H2,1-2H3,(H2,20,21,22). The summed E-state index contributed by atoms with van der Waals surface area (Å²) in [6, 6.07) is 0.577. The first kappa shape index (κ1) is 20.5. The van der Waals surface area contributed by atoms with Gasteiger partial charge in [-0.25, -0.2) is 0 Å². The van der Waals surface area contributed by atoms with Crippen LogP contribution in [-0.2, 0) is 9.47 Å². The number of aliphatic imine (C=N–C) groups is 1. The number of likely N-dealkylation sites (tertiary alicyclic amines) is 1. The number of nitrogens with zero attached hydrogens (tertiary/aromatic N) is 2. The zero-order valence-corrected chi connectivity index (χ0v) is 16.3. The van der Waals surface area contributed by atoms with E-state index in [9.17, 15) is 0 Å². The Kier molecular flexibility index (Phi) is 10.2. The zero-order chi connectivity index (χ0) is 17.7. The molecule has 6 heteroatoms. The van der Waals surface area contributed by atoms with Gasteiger partial charge in [0.1, 0.15) is 0 Å². The molecule has 2 rings (SSSR count). The van der Waals surface area contributed by atoms with Gasteiger partial charge in [0.25, 0.3) is 0 Å². The highest BCUT2D eigenvalue weighted by atomic mass is 16.5. The molecule has 2 heterocycles. The van der Waals surface area contributed by atoms with Gasteiger partial charge in [0.05, 0.1) is 19.3 Å². The van der Waals surface area contributed by atoms with Gasteiger partial charge in [-0.2, -0.15) is 0 Å². The van der Waals surface area contributed by atoms with E-state index >= 15 is 0 Å². The van der Waals surface area contributed by atoms with Crippen LogP contribution in [0.15, 0.2) is 4.99 Å². The summed E-state index contributed by atoms with van der Waals surface area (Å²) in [5, 5.41) is 6.78. The second kappa shape index (κ2) is 12.5. The lowest BCUT2D eigenvalue weighted by Gasteiger charge is -2.25. The van der Waals surface area contributed by atoms with Crippen molar-refractivity contribution in [1.82, 2.24) is 15.5 Å². The van der Waals surface area contributed by atoms with Crippen molar-refractivity contribution >= 4 is 5.96 Å². The van der Waals surface area contributed by atoms with Gasteiger partial charge in [-0.3, -0.25) is 9.89 Å². The molecule has 2 atom stereocenters. The Morgan fingerprint density at radius 3 is 2.76 bits per heavy atom. The van der Waals surface area contributed by atoms with Gasteiger partial charge in [0.15, 0.2) is 5.96 Å². The van der Waals surface area contributed by atoms with Crippen molar-refractivity contribution in [2.45, 2.75) is 64.5 Å². The predicted molar refractivity (Wildman–Crippen MR) is 103 cm³/mol. The average molecular weight is 355 g/mol. The second-order valence-electron chi connectivity index (χ2n) is 7.02. The van der Waals surface area contributed by atoms with Crippen molar-refractivity contribution in [3.05, 3.63) is 0 Å². The van der Waals surface area contributed by atoms with Gasteiger partial charge >= 0.3 is 0 Å². The topological polar surface area (TPSA) is 58.1 Å². The number of guanidine groups is 1. The molecule has 0 amide bonds. The number of hydrogen-bond acceptors (Lipinski definition) is 4. The summed E-state index contributed by atoms with van der Waals surface area (Å²) in [5.74, 6) is 0.930. The molecule has 6 nitrogen and oxygen atoms in total. The molecule has 0 spiro atoms. The minimum absolute atomic E-state index is 0.323. The van der Waals surface area contributed by atoms with Crippen molar-refractivity contribution in [3.8, 4) is 0 Å². The largest absolute Gasteiger partial charge is 0.379 e. The minimum atomic E-state index is 0.323. The minimum Gasteiger partial charge on any atom is -0.379 e. The SMILES string of the molecule is CCNC(=NCC(CC)N1CCCC1)NCCCOCC1CCCO1. The third-order valence-corrected chi connectivity index (χ3v) is 5.02. The Balaban J connectivity index is 1.60. The van der Waals surface area contributed by atoms with Crippen LogP contribution in [0.25, 0.3) is 0 Å². The summed E-state index contributed by atoms with van der Waals surface area (Å²) in [7, 11) is 0. The van der Waals surface area contributed by atoms with Gasteiger partial charge in [-0.15, -0.1) is 0 Å². The van der Waals surface area contributed by atoms with E-state index in [1.54, 1.807) is 0 Å². The van der Waals surface area contributed by atoms with Crippen LogP contribution < -0.4 is 10.6 Å². The normalized spacial score (nSPS) is 23.1. The van der Waals surface area contributed by atoms with Gasteiger partial charge < -0.3 is 20.1 Å². The summed E-state index contributed by atoms with van der Waals surface area (Å²) in [4.78, 5) is 7.39. The molecule has 0 radical (unpaired) electrons. The molecule has 0 aromatic rings. The van der Waals surface area contributed by atoms with Crippen LogP contribution in [-0.4, -0.2) is 75.5 Å². The lowest BCUT2D eigenvalue weighted by Crippen LogP contribution is -2.40. The van der Waals surface area contributed by atoms with E-state index in [-0.39, 0.29) is 0 Å². The highest BCUT2D eigenvalue weighted by Crippen LogP contribution is 2.14. The fourth-order valence-corrected chi connectivity index (χ4v) is 3.52. The molecule has 0 aromatic carbocycles. The van der Waals surface area contributed by atoms with Crippen LogP contribution in [0, 0.1) is 0 Å². The van der Waals surface area contributed by atoms with Crippen LogP contribution >= 0.6 is 0 Å². The zero-order valence-electron chi connectivity index (χ0n) is 16.3. The number of nitrogens with one attached hydrogen (secondary N) is 2. The molecule has 2 unspecified atom stereocenters. The van der Waals surface area contributed by atoms with E-state index in [0.717, 1.165) is 58.3 Å². The number of rotatable bonds is 11. The van der Waals surface area contributed by atoms with Crippen molar-refractivity contribution in [3.63, 3.8) is 0 Å². The molecule has 0 aromatic heterocycles. The van der Waals surface area contributed by atoms with Crippen molar-refractivity contribution < 1.29 is 9.47 Å². The Bertz CT molecular complexity index is 366. The molecule has 2 fully saturated rings. The smallest absolute Gasteiger partial charge is 0.191 e. The summed E-state index contributed by atoms with van der Waals surface area (Å²) >= 11 is 0. The third kappa shape index (κ3) is 7.92. The van der Waals surface area contributed by atoms with Crippen LogP contribution in [0.4, 0.5) is 0 Å². The number of hydrogen-bond donors (Lipinski definition) is 2. The Labute approximate surface area is 153 Å². The first-order valence-electron chi connectivity index (χ1n) is 10.3. The van der Waals surface area contributed by atoms with E-state index in [0.29, 0.717) is 12.1 Å². The first-order chi connectivity index (χ1) is 12.3. The van der Waals surface area contributed by atoms with E-state index < -0.39 is 0 Å². The molecule has 146 valence electrons. The Hall–Kier alpha value is -0.850. The Morgan fingerprint density at radius 1 is 1.24 bits per heavy atom. The molecular formula is C19H38N4O2. The summed E-state index contributed by atoms with van der Waals surface area (Å²) in [5.41, 5.74) is 0. The first-order valence-corrected chi connectivity index (χ1v) is 10.3. The molecule has 0 aliphatic carbocycles. The van der Waals surface area contributed by atoms with E-state index in [1.807, 2.05) is 0 Å². The maximum atomic E-state index is 5.71. The lowest BCUT2D eigenvalue weighted by molar-refractivity contribution is 0.0168. The second-order valence-corrected chi connectivity index (χ2v) is 7.02.